The van der Waals surface area contributed by atoms with Crippen molar-refractivity contribution in [2.45, 2.75) is 6.92 Å². The maximum Gasteiger partial charge on any atom is 0.283 e. The van der Waals surface area contributed by atoms with Gasteiger partial charge in [-0.15, -0.1) is 11.3 Å². The summed E-state index contributed by atoms with van der Waals surface area (Å²) in [6.07, 6.45) is 0. The highest BCUT2D eigenvalue weighted by Crippen LogP contribution is 2.33. The molecule has 0 radical (unpaired) electrons. The zero-order valence-electron chi connectivity index (χ0n) is 19.6. The fourth-order valence-corrected chi connectivity index (χ4v) is 5.24. The molecule has 2 heterocycles. The third-order valence-electron chi connectivity index (χ3n) is 5.73. The third kappa shape index (κ3) is 5.04. The molecule has 4 aromatic rings. The second-order valence-corrected chi connectivity index (χ2v) is 10.3. The summed E-state index contributed by atoms with van der Waals surface area (Å²) in [6.45, 7) is 1.80. The maximum absolute atomic E-state index is 13.0. The molecule has 2 N–H and O–H groups in total. The summed E-state index contributed by atoms with van der Waals surface area (Å²) >= 11 is 19.7. The fourth-order valence-electron chi connectivity index (χ4n) is 3.82. The van der Waals surface area contributed by atoms with Gasteiger partial charge in [0, 0.05) is 27.2 Å². The third-order valence-corrected chi connectivity index (χ3v) is 7.39. The normalized spacial score (nSPS) is 13.3. The lowest BCUT2D eigenvalue weighted by Crippen LogP contribution is -2.32. The molecular formula is C27H17Cl3N4O3S. The van der Waals surface area contributed by atoms with Gasteiger partial charge in [0.05, 0.1) is 16.4 Å². The van der Waals surface area contributed by atoms with E-state index >= 15 is 0 Å². The minimum absolute atomic E-state index is 0.0340. The minimum Gasteiger partial charge on any atom is -0.350 e. The van der Waals surface area contributed by atoms with Gasteiger partial charge in [-0.05, 0) is 61.0 Å². The van der Waals surface area contributed by atoms with E-state index in [1.807, 2.05) is 6.07 Å². The lowest BCUT2D eigenvalue weighted by atomic mass is 10.2. The molecule has 1 aromatic heterocycles. The quantitative estimate of drug-likeness (QED) is 0.236. The molecule has 3 amide bonds. The number of amides is 3. The first-order valence-corrected chi connectivity index (χ1v) is 13.2. The maximum atomic E-state index is 13.0. The molecule has 11 heteroatoms. The Balaban J connectivity index is 1.27. The van der Waals surface area contributed by atoms with Crippen LogP contribution in [0.5, 0.6) is 0 Å². The number of benzene rings is 3. The number of rotatable bonds is 6. The van der Waals surface area contributed by atoms with Crippen molar-refractivity contribution in [1.29, 1.82) is 0 Å². The van der Waals surface area contributed by atoms with E-state index in [4.69, 9.17) is 34.8 Å². The molecule has 1 aliphatic heterocycles. The van der Waals surface area contributed by atoms with Crippen LogP contribution in [0.4, 0.5) is 16.5 Å². The molecule has 0 aliphatic carbocycles. The van der Waals surface area contributed by atoms with E-state index < -0.39 is 11.8 Å². The Kier molecular flexibility index (Phi) is 7.23. The van der Waals surface area contributed by atoms with Crippen molar-refractivity contribution < 1.29 is 14.4 Å². The Labute approximate surface area is 236 Å². The van der Waals surface area contributed by atoms with Gasteiger partial charge in [0.15, 0.2) is 5.13 Å². The first kappa shape index (κ1) is 25.9. The second kappa shape index (κ2) is 10.6. The molecule has 1 aliphatic rings. The van der Waals surface area contributed by atoms with Crippen LogP contribution in [-0.2, 0) is 9.59 Å². The molecule has 0 saturated carbocycles. The van der Waals surface area contributed by atoms with E-state index in [0.29, 0.717) is 43.4 Å². The van der Waals surface area contributed by atoms with Gasteiger partial charge in [0.1, 0.15) is 10.7 Å². The summed E-state index contributed by atoms with van der Waals surface area (Å²) in [6, 6.07) is 18.5. The number of hydrogen-bond donors (Lipinski definition) is 2. The lowest BCUT2D eigenvalue weighted by molar-refractivity contribution is -0.120. The van der Waals surface area contributed by atoms with Gasteiger partial charge in [-0.2, -0.15) is 0 Å². The average molecular weight is 584 g/mol. The van der Waals surface area contributed by atoms with Crippen LogP contribution in [0, 0.1) is 6.92 Å². The van der Waals surface area contributed by atoms with Gasteiger partial charge in [-0.3, -0.25) is 19.7 Å². The SMILES string of the molecule is Cc1ccccc1N1C(=O)C(Cl)=C(Nc2ccc(C(=O)Nc3nc(-c4ccc(Cl)cc4Cl)cs3)cc2)C1=O. The number of halogens is 3. The van der Waals surface area contributed by atoms with Gasteiger partial charge in [0.2, 0.25) is 0 Å². The summed E-state index contributed by atoms with van der Waals surface area (Å²) in [5, 5.41) is 8.64. The topological polar surface area (TPSA) is 91.4 Å². The molecule has 5 rings (SSSR count). The number of carbonyl (C=O) groups excluding carboxylic acids is 3. The monoisotopic (exact) mass is 582 g/mol. The van der Waals surface area contributed by atoms with Crippen LogP contribution in [0.2, 0.25) is 10.0 Å². The predicted octanol–water partition coefficient (Wildman–Crippen LogP) is 7.11. The van der Waals surface area contributed by atoms with Crippen LogP contribution in [0.3, 0.4) is 0 Å². The van der Waals surface area contributed by atoms with E-state index in [2.05, 4.69) is 15.6 Å². The molecule has 0 atom stereocenters. The number of imide groups is 1. The van der Waals surface area contributed by atoms with E-state index in [-0.39, 0.29) is 16.6 Å². The van der Waals surface area contributed by atoms with Crippen molar-refractivity contribution in [1.82, 2.24) is 4.98 Å². The number of nitrogens with one attached hydrogen (secondary N) is 2. The van der Waals surface area contributed by atoms with Gasteiger partial charge in [-0.1, -0.05) is 53.0 Å². The Bertz CT molecular complexity index is 1630. The number of hydrogen-bond acceptors (Lipinski definition) is 6. The van der Waals surface area contributed by atoms with Crippen molar-refractivity contribution in [2.75, 3.05) is 15.5 Å². The molecule has 3 aromatic carbocycles. The van der Waals surface area contributed by atoms with Crippen molar-refractivity contribution >= 4 is 80.4 Å². The van der Waals surface area contributed by atoms with Crippen LogP contribution in [0.25, 0.3) is 11.3 Å². The van der Waals surface area contributed by atoms with E-state index in [0.717, 1.165) is 10.5 Å². The highest BCUT2D eigenvalue weighted by molar-refractivity contribution is 7.14. The number of aryl methyl sites for hydroxylation is 1. The Morgan fingerprint density at radius 1 is 0.947 bits per heavy atom. The molecule has 0 fully saturated rings. The molecule has 7 nitrogen and oxygen atoms in total. The lowest BCUT2D eigenvalue weighted by Gasteiger charge is -2.17. The Morgan fingerprint density at radius 3 is 2.39 bits per heavy atom. The van der Waals surface area contributed by atoms with Crippen molar-refractivity contribution in [3.05, 3.63) is 104 Å². The van der Waals surface area contributed by atoms with Crippen molar-refractivity contribution in [3.8, 4) is 11.3 Å². The number of thiazole rings is 1. The largest absolute Gasteiger partial charge is 0.350 e. The van der Waals surface area contributed by atoms with Crippen molar-refractivity contribution in [3.63, 3.8) is 0 Å². The van der Waals surface area contributed by atoms with Crippen LogP contribution in [-0.4, -0.2) is 22.7 Å². The van der Waals surface area contributed by atoms with Crippen LogP contribution < -0.4 is 15.5 Å². The van der Waals surface area contributed by atoms with E-state index in [9.17, 15) is 14.4 Å². The average Bonchev–Trinajstić information content (AvgIpc) is 3.43. The van der Waals surface area contributed by atoms with Crippen LogP contribution >= 0.6 is 46.1 Å². The number of para-hydroxylation sites is 1. The van der Waals surface area contributed by atoms with Crippen LogP contribution in [0.15, 0.2) is 82.8 Å². The van der Waals surface area contributed by atoms with Crippen molar-refractivity contribution in [2.24, 2.45) is 0 Å². The van der Waals surface area contributed by atoms with Gasteiger partial charge in [0.25, 0.3) is 17.7 Å². The Hall–Kier alpha value is -3.69. The second-order valence-electron chi connectivity index (χ2n) is 8.24. The number of nitrogens with zero attached hydrogens (tertiary/aromatic N) is 2. The van der Waals surface area contributed by atoms with Gasteiger partial charge >= 0.3 is 0 Å². The first-order valence-electron chi connectivity index (χ1n) is 11.2. The summed E-state index contributed by atoms with van der Waals surface area (Å²) in [5.74, 6) is -1.53. The molecule has 38 heavy (non-hydrogen) atoms. The highest BCUT2D eigenvalue weighted by Gasteiger charge is 2.39. The zero-order valence-corrected chi connectivity index (χ0v) is 22.7. The molecule has 0 spiro atoms. The highest BCUT2D eigenvalue weighted by atomic mass is 35.5. The Morgan fingerprint density at radius 2 is 1.68 bits per heavy atom. The molecule has 0 saturated heterocycles. The first-order chi connectivity index (χ1) is 18.2. The fraction of sp³-hybridized carbons (Fsp3) is 0.0370. The van der Waals surface area contributed by atoms with Gasteiger partial charge in [-0.25, -0.2) is 9.88 Å². The molecule has 0 bridgehead atoms. The summed E-state index contributed by atoms with van der Waals surface area (Å²) in [7, 11) is 0. The summed E-state index contributed by atoms with van der Waals surface area (Å²) < 4.78 is 0. The summed E-state index contributed by atoms with van der Waals surface area (Å²) in [4.78, 5) is 44.0. The van der Waals surface area contributed by atoms with E-state index in [1.54, 1.807) is 73.0 Å². The molecular weight excluding hydrogens is 567 g/mol. The smallest absolute Gasteiger partial charge is 0.283 e. The number of carbonyl (C=O) groups is 3. The standard InChI is InChI=1S/C27H17Cl3N4O3S/c1-14-4-2-3-5-21(14)34-25(36)22(30)23(26(34)37)31-17-9-6-15(7-10-17)24(35)33-27-32-20(13-38-27)18-11-8-16(28)12-19(18)29/h2-13,31H,1H3,(H,32,33,35). The predicted molar refractivity (Wildman–Crippen MR) is 152 cm³/mol. The van der Waals surface area contributed by atoms with E-state index in [1.165, 1.54) is 11.3 Å². The molecule has 0 unspecified atom stereocenters. The van der Waals surface area contributed by atoms with Crippen LogP contribution in [0.1, 0.15) is 15.9 Å². The summed E-state index contributed by atoms with van der Waals surface area (Å²) in [5.41, 5.74) is 3.37. The minimum atomic E-state index is -0.604. The number of anilines is 3. The van der Waals surface area contributed by atoms with Gasteiger partial charge < -0.3 is 5.32 Å². The molecule has 190 valence electrons. The zero-order chi connectivity index (χ0) is 27.0. The number of aromatic nitrogens is 1.